The van der Waals surface area contributed by atoms with E-state index in [4.69, 9.17) is 0 Å². The third kappa shape index (κ3) is 1.70. The molecule has 1 aromatic rings. The van der Waals surface area contributed by atoms with Crippen LogP contribution in [0, 0.1) is 5.82 Å². The lowest BCUT2D eigenvalue weighted by molar-refractivity contribution is -0.122. The van der Waals surface area contributed by atoms with Gasteiger partial charge in [-0.3, -0.25) is 4.79 Å². The smallest absolute Gasteiger partial charge is 0.162 e. The number of ketones is 1. The maximum Gasteiger partial charge on any atom is 0.162 e. The van der Waals surface area contributed by atoms with Crippen LogP contribution >= 0.6 is 0 Å². The molecule has 1 aliphatic rings. The first-order chi connectivity index (χ1) is 7.44. The number of halogens is 1. The van der Waals surface area contributed by atoms with Gasteiger partial charge in [-0.25, -0.2) is 4.39 Å². The Kier molecular flexibility index (Phi) is 2.49. The van der Waals surface area contributed by atoms with Crippen LogP contribution in [0.5, 0.6) is 0 Å². The third-order valence-corrected chi connectivity index (χ3v) is 3.17. The molecule has 16 heavy (non-hydrogen) atoms. The zero-order chi connectivity index (χ0) is 11.9. The highest BCUT2D eigenvalue weighted by molar-refractivity contribution is 5.96. The normalized spacial score (nSPS) is 17.9. The Hall–Kier alpha value is -1.38. The highest BCUT2D eigenvalue weighted by atomic mass is 19.1. The highest BCUT2D eigenvalue weighted by Gasteiger charge is 2.33. The van der Waals surface area contributed by atoms with Gasteiger partial charge < -0.3 is 5.32 Å². The number of fused-ring (bicyclic) bond motifs is 1. The van der Waals surface area contributed by atoms with E-state index in [2.05, 4.69) is 5.32 Å². The van der Waals surface area contributed by atoms with Crippen LogP contribution in [0.15, 0.2) is 12.1 Å². The van der Waals surface area contributed by atoms with Crippen molar-refractivity contribution in [2.45, 2.75) is 39.2 Å². The van der Waals surface area contributed by atoms with Gasteiger partial charge in [0, 0.05) is 12.1 Å². The number of nitrogens with one attached hydrogen (secondary N) is 1. The highest BCUT2D eigenvalue weighted by Crippen LogP contribution is 2.31. The summed E-state index contributed by atoms with van der Waals surface area (Å²) in [6, 6.07) is 2.99. The van der Waals surface area contributed by atoms with Gasteiger partial charge in [0.2, 0.25) is 0 Å². The van der Waals surface area contributed by atoms with Crippen molar-refractivity contribution in [2.75, 3.05) is 5.32 Å². The monoisotopic (exact) mass is 221 g/mol. The Labute approximate surface area is 94.9 Å². The molecule has 0 atom stereocenters. The van der Waals surface area contributed by atoms with E-state index in [1.807, 2.05) is 20.8 Å². The number of hydrogen-bond acceptors (Lipinski definition) is 2. The van der Waals surface area contributed by atoms with Crippen LogP contribution in [0.4, 0.5) is 10.1 Å². The molecule has 0 spiro atoms. The number of benzene rings is 1. The Morgan fingerprint density at radius 2 is 2.12 bits per heavy atom. The van der Waals surface area contributed by atoms with Crippen LogP contribution in [0.2, 0.25) is 0 Å². The molecule has 0 fully saturated rings. The first-order valence-corrected chi connectivity index (χ1v) is 5.57. The van der Waals surface area contributed by atoms with Gasteiger partial charge in [0.1, 0.15) is 5.82 Å². The Morgan fingerprint density at radius 3 is 2.75 bits per heavy atom. The van der Waals surface area contributed by atoms with Crippen LogP contribution < -0.4 is 5.32 Å². The van der Waals surface area contributed by atoms with Crippen molar-refractivity contribution in [3.8, 4) is 0 Å². The van der Waals surface area contributed by atoms with Crippen LogP contribution in [0.3, 0.4) is 0 Å². The van der Waals surface area contributed by atoms with E-state index in [0.717, 1.165) is 23.2 Å². The topological polar surface area (TPSA) is 29.1 Å². The molecule has 1 heterocycles. The maximum absolute atomic E-state index is 13.4. The fourth-order valence-corrected chi connectivity index (χ4v) is 2.12. The van der Waals surface area contributed by atoms with Crippen molar-refractivity contribution in [2.24, 2.45) is 0 Å². The van der Waals surface area contributed by atoms with Gasteiger partial charge in [0.15, 0.2) is 5.78 Å². The second-order valence-electron chi connectivity index (χ2n) is 4.79. The molecule has 0 aromatic heterocycles. The van der Waals surface area contributed by atoms with Gasteiger partial charge in [-0.1, -0.05) is 6.92 Å². The first kappa shape index (κ1) is 11.1. The lowest BCUT2D eigenvalue weighted by Crippen LogP contribution is -2.45. The summed E-state index contributed by atoms with van der Waals surface area (Å²) in [5, 5.41) is 3.11. The molecule has 0 saturated heterocycles. The van der Waals surface area contributed by atoms with Gasteiger partial charge >= 0.3 is 0 Å². The van der Waals surface area contributed by atoms with Crippen molar-refractivity contribution < 1.29 is 9.18 Å². The summed E-state index contributed by atoms with van der Waals surface area (Å²) in [6.45, 7) is 5.63. The summed E-state index contributed by atoms with van der Waals surface area (Å²) in [4.78, 5) is 11.9. The van der Waals surface area contributed by atoms with Crippen molar-refractivity contribution in [1.29, 1.82) is 0 Å². The molecule has 2 nitrogen and oxygen atoms in total. The minimum atomic E-state index is -0.591. The summed E-state index contributed by atoms with van der Waals surface area (Å²) in [5.74, 6) is -0.0884. The van der Waals surface area contributed by atoms with E-state index in [1.54, 1.807) is 0 Å². The number of Topliss-reactive ketones (excluding diaryl/α,β-unsaturated/α-hetero) is 1. The van der Waals surface area contributed by atoms with E-state index in [-0.39, 0.29) is 11.6 Å². The second-order valence-corrected chi connectivity index (χ2v) is 4.79. The summed E-state index contributed by atoms with van der Waals surface area (Å²) in [6.07, 6.45) is 1.15. The molecule has 0 saturated carbocycles. The average Bonchev–Trinajstić information content (AvgIpc) is 2.19. The van der Waals surface area contributed by atoms with Gasteiger partial charge in [-0.05, 0) is 43.5 Å². The number of carbonyl (C=O) groups excluding carboxylic acids is 1. The molecule has 2 rings (SSSR count). The largest absolute Gasteiger partial charge is 0.373 e. The van der Waals surface area contributed by atoms with E-state index in [1.165, 1.54) is 12.1 Å². The van der Waals surface area contributed by atoms with E-state index < -0.39 is 5.54 Å². The molecule has 3 heteroatoms. The van der Waals surface area contributed by atoms with E-state index in [0.29, 0.717) is 6.42 Å². The fourth-order valence-electron chi connectivity index (χ4n) is 2.12. The molecular formula is C13H16FNO. The SMILES string of the molecule is CCc1cc(F)cc2c1CC(=O)C(C)(C)N2. The Bertz CT molecular complexity index is 451. The molecule has 1 aliphatic heterocycles. The molecule has 1 N–H and O–H groups in total. The summed E-state index contributed by atoms with van der Waals surface area (Å²) in [5.41, 5.74) is 2.05. The van der Waals surface area contributed by atoms with Gasteiger partial charge in [0.25, 0.3) is 0 Å². The molecule has 86 valence electrons. The Balaban J connectivity index is 2.54. The third-order valence-electron chi connectivity index (χ3n) is 3.17. The molecular weight excluding hydrogens is 205 g/mol. The number of aryl methyl sites for hydroxylation is 1. The standard InChI is InChI=1S/C13H16FNO/c1-4-8-5-9(14)6-11-10(8)7-12(16)13(2,3)15-11/h5-6,15H,4,7H2,1-3H3. The van der Waals surface area contributed by atoms with E-state index >= 15 is 0 Å². The van der Waals surface area contributed by atoms with Crippen molar-refractivity contribution in [1.82, 2.24) is 0 Å². The van der Waals surface area contributed by atoms with Gasteiger partial charge in [0.05, 0.1) is 5.54 Å². The fraction of sp³-hybridized carbons (Fsp3) is 0.462. The molecule has 0 radical (unpaired) electrons. The van der Waals surface area contributed by atoms with Crippen LogP contribution in [0.1, 0.15) is 31.9 Å². The molecule has 0 aliphatic carbocycles. The van der Waals surface area contributed by atoms with Gasteiger partial charge in [-0.2, -0.15) is 0 Å². The predicted octanol–water partition coefficient (Wildman–Crippen LogP) is 2.70. The van der Waals surface area contributed by atoms with Crippen LogP contribution in [-0.4, -0.2) is 11.3 Å². The molecule has 1 aromatic carbocycles. The number of hydrogen-bond donors (Lipinski definition) is 1. The zero-order valence-corrected chi connectivity index (χ0v) is 9.86. The summed E-state index contributed by atoms with van der Waals surface area (Å²) >= 11 is 0. The minimum Gasteiger partial charge on any atom is -0.373 e. The number of anilines is 1. The second kappa shape index (κ2) is 3.58. The minimum absolute atomic E-state index is 0.154. The Morgan fingerprint density at radius 1 is 1.44 bits per heavy atom. The van der Waals surface area contributed by atoms with Crippen LogP contribution in [0.25, 0.3) is 0 Å². The van der Waals surface area contributed by atoms with E-state index in [9.17, 15) is 9.18 Å². The summed E-state index contributed by atoms with van der Waals surface area (Å²) in [7, 11) is 0. The number of rotatable bonds is 1. The lowest BCUT2D eigenvalue weighted by Gasteiger charge is -2.33. The maximum atomic E-state index is 13.4. The predicted molar refractivity (Wildman–Crippen MR) is 62.2 cm³/mol. The van der Waals surface area contributed by atoms with Crippen molar-refractivity contribution >= 4 is 11.5 Å². The van der Waals surface area contributed by atoms with Gasteiger partial charge in [-0.15, -0.1) is 0 Å². The van der Waals surface area contributed by atoms with Crippen LogP contribution in [-0.2, 0) is 17.6 Å². The average molecular weight is 221 g/mol. The molecule has 0 amide bonds. The zero-order valence-electron chi connectivity index (χ0n) is 9.86. The quantitative estimate of drug-likeness (QED) is 0.790. The molecule has 0 bridgehead atoms. The summed E-state index contributed by atoms with van der Waals surface area (Å²) < 4.78 is 13.4. The molecule has 0 unspecified atom stereocenters. The van der Waals surface area contributed by atoms with Crippen molar-refractivity contribution in [3.63, 3.8) is 0 Å². The van der Waals surface area contributed by atoms with Crippen molar-refractivity contribution in [3.05, 3.63) is 29.1 Å². The lowest BCUT2D eigenvalue weighted by atomic mass is 9.85. The number of carbonyl (C=O) groups is 1. The first-order valence-electron chi connectivity index (χ1n) is 5.57.